The molecule has 0 aliphatic heterocycles. The van der Waals surface area contributed by atoms with E-state index in [0.717, 1.165) is 0 Å². The van der Waals surface area contributed by atoms with E-state index in [2.05, 4.69) is 4.98 Å². The molecule has 130 valence electrons. The van der Waals surface area contributed by atoms with Crippen LogP contribution in [0.25, 0.3) is 10.9 Å². The largest absolute Gasteiger partial charge is 0.321 e. The maximum absolute atomic E-state index is 13.2. The molecule has 1 heterocycles. The van der Waals surface area contributed by atoms with Gasteiger partial charge in [0.2, 0.25) is 0 Å². The second-order valence-corrected chi connectivity index (χ2v) is 6.14. The van der Waals surface area contributed by atoms with Crippen LogP contribution in [0, 0.1) is 5.82 Å². The van der Waals surface area contributed by atoms with E-state index in [1.807, 2.05) is 6.92 Å². The minimum atomic E-state index is -0.432. The van der Waals surface area contributed by atoms with Crippen molar-refractivity contribution in [2.75, 3.05) is 12.1 Å². The Labute approximate surface area is 149 Å². The van der Waals surface area contributed by atoms with E-state index >= 15 is 0 Å². The number of nitrogens with zero attached hydrogens (tertiary/aromatic N) is 3. The van der Waals surface area contributed by atoms with Gasteiger partial charge in [-0.1, -0.05) is 24.6 Å². The summed E-state index contributed by atoms with van der Waals surface area (Å²) in [6.07, 6.45) is 0.607. The first-order chi connectivity index (χ1) is 11.9. The summed E-state index contributed by atoms with van der Waals surface area (Å²) in [5.74, 6) is 0.0729. The fourth-order valence-corrected chi connectivity index (χ4v) is 2.93. The summed E-state index contributed by atoms with van der Waals surface area (Å²) >= 11 is 6.22. The molecule has 0 spiro atoms. The van der Waals surface area contributed by atoms with E-state index in [1.165, 1.54) is 16.8 Å². The molecule has 1 aromatic heterocycles. The molecule has 0 amide bonds. The average molecular weight is 361 g/mol. The molecule has 2 aromatic carbocycles. The number of hydrogen-bond acceptors (Lipinski definition) is 4. The molecular formula is C18H18ClFN4O. The van der Waals surface area contributed by atoms with E-state index in [9.17, 15) is 9.18 Å². The molecular weight excluding hydrogens is 343 g/mol. The summed E-state index contributed by atoms with van der Waals surface area (Å²) in [6, 6.07) is 10.5. The lowest BCUT2D eigenvalue weighted by Gasteiger charge is -2.26. The first kappa shape index (κ1) is 17.4. The van der Waals surface area contributed by atoms with Crippen molar-refractivity contribution in [1.29, 1.82) is 0 Å². The number of rotatable bonds is 4. The number of nitrogens with two attached hydrogens (primary N) is 1. The van der Waals surface area contributed by atoms with Gasteiger partial charge >= 0.3 is 0 Å². The highest BCUT2D eigenvalue weighted by Crippen LogP contribution is 2.23. The fourth-order valence-electron chi connectivity index (χ4n) is 2.68. The van der Waals surface area contributed by atoms with Crippen LogP contribution in [-0.4, -0.2) is 16.7 Å². The second-order valence-electron chi connectivity index (χ2n) is 5.74. The van der Waals surface area contributed by atoms with Crippen LogP contribution >= 0.6 is 11.6 Å². The van der Waals surface area contributed by atoms with Crippen molar-refractivity contribution < 1.29 is 4.39 Å². The molecule has 3 aromatic rings. The van der Waals surface area contributed by atoms with Crippen LogP contribution in [0.5, 0.6) is 0 Å². The summed E-state index contributed by atoms with van der Waals surface area (Å²) < 4.78 is 14.6. The Kier molecular flexibility index (Phi) is 4.74. The van der Waals surface area contributed by atoms with Crippen LogP contribution in [0.15, 0.2) is 47.3 Å². The molecule has 2 N–H and O–H groups in total. The molecule has 0 aliphatic rings. The van der Waals surface area contributed by atoms with Crippen LogP contribution in [0.1, 0.15) is 25.2 Å². The normalized spacial score (nSPS) is 12.4. The van der Waals surface area contributed by atoms with Crippen LogP contribution in [-0.2, 0) is 0 Å². The van der Waals surface area contributed by atoms with Crippen molar-refractivity contribution in [2.45, 2.75) is 19.4 Å². The summed E-state index contributed by atoms with van der Waals surface area (Å²) in [5, 5.41) is 2.25. The summed E-state index contributed by atoms with van der Waals surface area (Å²) in [7, 11) is 1.70. The molecule has 25 heavy (non-hydrogen) atoms. The molecule has 3 rings (SSSR count). The van der Waals surface area contributed by atoms with Crippen molar-refractivity contribution in [2.24, 2.45) is 5.73 Å². The van der Waals surface area contributed by atoms with E-state index in [0.29, 0.717) is 33.9 Å². The van der Waals surface area contributed by atoms with Gasteiger partial charge in [0, 0.05) is 7.05 Å². The van der Waals surface area contributed by atoms with Gasteiger partial charge in [-0.25, -0.2) is 14.1 Å². The smallest absolute Gasteiger partial charge is 0.282 e. The van der Waals surface area contributed by atoms with Gasteiger partial charge in [-0.15, -0.1) is 0 Å². The van der Waals surface area contributed by atoms with Crippen molar-refractivity contribution in [3.63, 3.8) is 0 Å². The Bertz CT molecular complexity index is 971. The van der Waals surface area contributed by atoms with Crippen molar-refractivity contribution in [1.82, 2.24) is 9.66 Å². The quantitative estimate of drug-likeness (QED) is 0.773. The fraction of sp³-hybridized carbons (Fsp3) is 0.222. The predicted molar refractivity (Wildman–Crippen MR) is 98.4 cm³/mol. The lowest BCUT2D eigenvalue weighted by atomic mass is 10.2. The third kappa shape index (κ3) is 3.10. The molecule has 0 saturated carbocycles. The van der Waals surface area contributed by atoms with Crippen molar-refractivity contribution in [3.05, 3.63) is 69.5 Å². The maximum atomic E-state index is 13.2. The lowest BCUT2D eigenvalue weighted by molar-refractivity contribution is 0.570. The highest BCUT2D eigenvalue weighted by molar-refractivity contribution is 6.35. The van der Waals surface area contributed by atoms with Gasteiger partial charge in [0.1, 0.15) is 11.6 Å². The first-order valence-corrected chi connectivity index (χ1v) is 8.28. The second kappa shape index (κ2) is 6.82. The topological polar surface area (TPSA) is 64.1 Å². The van der Waals surface area contributed by atoms with Gasteiger partial charge in [0.15, 0.2) is 0 Å². The summed E-state index contributed by atoms with van der Waals surface area (Å²) in [6.45, 7) is 1.92. The molecule has 0 aliphatic carbocycles. The lowest BCUT2D eigenvalue weighted by Crippen LogP contribution is -2.40. The predicted octanol–water partition coefficient (Wildman–Crippen LogP) is 3.50. The van der Waals surface area contributed by atoms with Crippen LogP contribution in [0.2, 0.25) is 5.02 Å². The molecule has 0 radical (unpaired) electrons. The molecule has 1 atom stereocenters. The van der Waals surface area contributed by atoms with E-state index in [-0.39, 0.29) is 11.4 Å². The number of benzene rings is 2. The maximum Gasteiger partial charge on any atom is 0.282 e. The summed E-state index contributed by atoms with van der Waals surface area (Å²) in [4.78, 5) is 17.7. The van der Waals surface area contributed by atoms with Gasteiger partial charge in [-0.2, -0.15) is 0 Å². The molecule has 0 bridgehead atoms. The van der Waals surface area contributed by atoms with E-state index < -0.39 is 6.04 Å². The van der Waals surface area contributed by atoms with E-state index in [1.54, 1.807) is 42.4 Å². The standard InChI is InChI=1S/C18H18ClFN4O/c1-3-14(21)17-22-15-6-4-5-13(19)16(15)18(25)24(17)23(2)12-9-7-11(20)8-10-12/h4-10,14H,3,21H2,1-2H3/t14-/m0/s1. The first-order valence-electron chi connectivity index (χ1n) is 7.90. The Morgan fingerprint density at radius 2 is 1.96 bits per heavy atom. The molecule has 5 nitrogen and oxygen atoms in total. The Hall–Kier alpha value is -2.44. The van der Waals surface area contributed by atoms with Gasteiger partial charge in [0.25, 0.3) is 5.56 Å². The Balaban J connectivity index is 2.31. The average Bonchev–Trinajstić information content (AvgIpc) is 2.60. The third-order valence-electron chi connectivity index (χ3n) is 4.12. The molecule has 7 heteroatoms. The van der Waals surface area contributed by atoms with Gasteiger partial charge in [0.05, 0.1) is 27.7 Å². The van der Waals surface area contributed by atoms with Crippen LogP contribution in [0.3, 0.4) is 0 Å². The Morgan fingerprint density at radius 1 is 1.28 bits per heavy atom. The number of hydrogen-bond donors (Lipinski definition) is 1. The third-order valence-corrected chi connectivity index (χ3v) is 4.44. The zero-order valence-corrected chi connectivity index (χ0v) is 14.7. The van der Waals surface area contributed by atoms with Gasteiger partial charge in [-0.3, -0.25) is 9.80 Å². The summed E-state index contributed by atoms with van der Waals surface area (Å²) in [5.41, 5.74) is 7.00. The highest BCUT2D eigenvalue weighted by Gasteiger charge is 2.20. The monoisotopic (exact) mass is 360 g/mol. The van der Waals surface area contributed by atoms with E-state index in [4.69, 9.17) is 17.3 Å². The molecule has 0 saturated heterocycles. The van der Waals surface area contributed by atoms with Crippen molar-refractivity contribution >= 4 is 28.2 Å². The van der Waals surface area contributed by atoms with Crippen LogP contribution in [0.4, 0.5) is 10.1 Å². The highest BCUT2D eigenvalue weighted by atomic mass is 35.5. The number of halogens is 2. The minimum Gasteiger partial charge on any atom is -0.321 e. The van der Waals surface area contributed by atoms with Gasteiger partial charge in [-0.05, 0) is 42.8 Å². The van der Waals surface area contributed by atoms with Crippen molar-refractivity contribution in [3.8, 4) is 0 Å². The van der Waals surface area contributed by atoms with Crippen LogP contribution < -0.4 is 16.3 Å². The molecule has 0 fully saturated rings. The zero-order chi connectivity index (χ0) is 18.1. The van der Waals surface area contributed by atoms with Gasteiger partial charge < -0.3 is 5.73 Å². The minimum absolute atomic E-state index is 0.318. The SMILES string of the molecule is CC[C@H](N)c1nc2cccc(Cl)c2c(=O)n1N(C)c1ccc(F)cc1. The number of aromatic nitrogens is 2. The zero-order valence-electron chi connectivity index (χ0n) is 13.9. The molecule has 0 unspecified atom stereocenters. The number of anilines is 1. The number of fused-ring (bicyclic) bond motifs is 1. The Morgan fingerprint density at radius 3 is 2.60 bits per heavy atom.